The van der Waals surface area contributed by atoms with E-state index in [0.29, 0.717) is 5.56 Å². The van der Waals surface area contributed by atoms with E-state index in [1.807, 2.05) is 0 Å². The second-order valence-corrected chi connectivity index (χ2v) is 5.16. The molecule has 0 aliphatic carbocycles. The fraction of sp³-hybridized carbons (Fsp3) is 0.250. The summed E-state index contributed by atoms with van der Waals surface area (Å²) in [6.07, 6.45) is -2.31. The highest BCUT2D eigenvalue weighted by Gasteiger charge is 2.50. The van der Waals surface area contributed by atoms with E-state index < -0.39 is 18.0 Å². The van der Waals surface area contributed by atoms with Crippen molar-refractivity contribution in [2.75, 3.05) is 7.11 Å². The first kappa shape index (κ1) is 14.6. The van der Waals surface area contributed by atoms with Crippen LogP contribution in [0.4, 0.5) is 0 Å². The molecular weight excluding hydrogens is 288 g/mol. The Morgan fingerprint density at radius 3 is 2.32 bits per heavy atom. The van der Waals surface area contributed by atoms with Crippen LogP contribution in [0, 0.1) is 0 Å². The lowest BCUT2D eigenvalue weighted by Crippen LogP contribution is -2.49. The van der Waals surface area contributed by atoms with Crippen LogP contribution in [0.5, 0.6) is 17.2 Å². The van der Waals surface area contributed by atoms with Gasteiger partial charge in [0.15, 0.2) is 12.2 Å². The molecule has 22 heavy (non-hydrogen) atoms. The molecule has 0 aromatic heterocycles. The number of hydrogen-bond acceptors (Lipinski definition) is 6. The minimum atomic E-state index is -1.97. The Hall–Kier alpha value is -2.28. The molecule has 0 saturated heterocycles. The highest BCUT2D eigenvalue weighted by atomic mass is 16.6. The van der Waals surface area contributed by atoms with Crippen molar-refractivity contribution in [3.8, 4) is 17.2 Å². The van der Waals surface area contributed by atoms with Crippen LogP contribution in [0.3, 0.4) is 0 Å². The minimum Gasteiger partial charge on any atom is -0.508 e. The SMILES string of the molecule is COC1(O)c2ccc(O)cc2OC(c2ccc(O)cc2)C1O. The van der Waals surface area contributed by atoms with Crippen molar-refractivity contribution in [2.45, 2.75) is 18.0 Å². The molecule has 0 spiro atoms. The number of methoxy groups -OCH3 is 1. The van der Waals surface area contributed by atoms with E-state index in [9.17, 15) is 20.4 Å². The molecule has 3 unspecified atom stereocenters. The normalized spacial score (nSPS) is 27.0. The lowest BCUT2D eigenvalue weighted by Gasteiger charge is -2.41. The number of ether oxygens (including phenoxy) is 2. The molecule has 3 atom stereocenters. The number of hydrogen-bond donors (Lipinski definition) is 4. The van der Waals surface area contributed by atoms with Gasteiger partial charge in [0.25, 0.3) is 0 Å². The van der Waals surface area contributed by atoms with Crippen LogP contribution in [0.2, 0.25) is 0 Å². The number of phenols is 2. The van der Waals surface area contributed by atoms with Gasteiger partial charge in [-0.3, -0.25) is 0 Å². The molecule has 116 valence electrons. The Morgan fingerprint density at radius 2 is 1.68 bits per heavy atom. The number of aromatic hydroxyl groups is 2. The summed E-state index contributed by atoms with van der Waals surface area (Å²) >= 11 is 0. The fourth-order valence-electron chi connectivity index (χ4n) is 2.62. The Kier molecular flexibility index (Phi) is 3.44. The average Bonchev–Trinajstić information content (AvgIpc) is 2.51. The van der Waals surface area contributed by atoms with Gasteiger partial charge in [0, 0.05) is 13.2 Å². The number of rotatable bonds is 2. The molecule has 0 fully saturated rings. The molecule has 0 radical (unpaired) electrons. The van der Waals surface area contributed by atoms with Crippen LogP contribution in [-0.2, 0) is 10.5 Å². The average molecular weight is 304 g/mol. The first-order valence-electron chi connectivity index (χ1n) is 6.70. The van der Waals surface area contributed by atoms with Crippen molar-refractivity contribution in [2.24, 2.45) is 0 Å². The van der Waals surface area contributed by atoms with Crippen LogP contribution in [0.15, 0.2) is 42.5 Å². The first-order valence-corrected chi connectivity index (χ1v) is 6.70. The highest BCUT2D eigenvalue weighted by molar-refractivity contribution is 5.46. The molecule has 4 N–H and O–H groups in total. The van der Waals surface area contributed by atoms with Crippen molar-refractivity contribution in [3.05, 3.63) is 53.6 Å². The summed E-state index contributed by atoms with van der Waals surface area (Å²) in [5.41, 5.74) is 0.782. The van der Waals surface area contributed by atoms with Gasteiger partial charge in [-0.25, -0.2) is 0 Å². The number of phenolic OH excluding ortho intramolecular Hbond substituents is 2. The number of fused-ring (bicyclic) bond motifs is 1. The zero-order chi connectivity index (χ0) is 15.9. The molecule has 2 aromatic rings. The maximum absolute atomic E-state index is 10.7. The topological polar surface area (TPSA) is 99.4 Å². The highest BCUT2D eigenvalue weighted by Crippen LogP contribution is 2.46. The molecule has 1 aliphatic rings. The zero-order valence-electron chi connectivity index (χ0n) is 11.8. The van der Waals surface area contributed by atoms with Crippen molar-refractivity contribution < 1.29 is 29.9 Å². The quantitative estimate of drug-likeness (QED) is 0.626. The Bertz CT molecular complexity index is 684. The van der Waals surface area contributed by atoms with Crippen molar-refractivity contribution in [3.63, 3.8) is 0 Å². The number of aliphatic hydroxyl groups excluding tert-OH is 1. The summed E-state index contributed by atoms with van der Waals surface area (Å²) in [6, 6.07) is 10.2. The van der Waals surface area contributed by atoms with E-state index in [1.54, 1.807) is 12.1 Å². The van der Waals surface area contributed by atoms with E-state index in [1.165, 1.54) is 37.4 Å². The molecule has 6 heteroatoms. The van der Waals surface area contributed by atoms with E-state index >= 15 is 0 Å². The van der Waals surface area contributed by atoms with Gasteiger partial charge in [-0.2, -0.15) is 0 Å². The minimum absolute atomic E-state index is 0.0296. The molecular formula is C16H16O6. The lowest BCUT2D eigenvalue weighted by molar-refractivity contribution is -0.280. The Labute approximate surface area is 126 Å². The predicted molar refractivity (Wildman–Crippen MR) is 76.5 cm³/mol. The van der Waals surface area contributed by atoms with Crippen LogP contribution >= 0.6 is 0 Å². The summed E-state index contributed by atoms with van der Waals surface area (Å²) < 4.78 is 10.8. The van der Waals surface area contributed by atoms with Gasteiger partial charge < -0.3 is 29.9 Å². The van der Waals surface area contributed by atoms with Crippen LogP contribution in [-0.4, -0.2) is 33.6 Å². The smallest absolute Gasteiger partial charge is 0.226 e. The summed E-state index contributed by atoms with van der Waals surface area (Å²) in [5, 5.41) is 40.1. The van der Waals surface area contributed by atoms with E-state index in [0.717, 1.165) is 0 Å². The van der Waals surface area contributed by atoms with E-state index in [2.05, 4.69) is 0 Å². The van der Waals surface area contributed by atoms with Crippen LogP contribution < -0.4 is 4.74 Å². The third kappa shape index (κ3) is 2.18. The van der Waals surface area contributed by atoms with Crippen molar-refractivity contribution >= 4 is 0 Å². The first-order chi connectivity index (χ1) is 10.5. The van der Waals surface area contributed by atoms with Crippen LogP contribution in [0.25, 0.3) is 0 Å². The fourth-order valence-corrected chi connectivity index (χ4v) is 2.62. The number of benzene rings is 2. The molecule has 6 nitrogen and oxygen atoms in total. The lowest BCUT2D eigenvalue weighted by atomic mass is 9.89. The maximum atomic E-state index is 10.7. The molecule has 1 heterocycles. The van der Waals surface area contributed by atoms with Gasteiger partial charge >= 0.3 is 0 Å². The molecule has 3 rings (SSSR count). The van der Waals surface area contributed by atoms with Crippen LogP contribution in [0.1, 0.15) is 17.2 Å². The van der Waals surface area contributed by atoms with Gasteiger partial charge in [0.1, 0.15) is 17.2 Å². The summed E-state index contributed by atoms with van der Waals surface area (Å²) in [5.74, 6) is -1.70. The third-order valence-electron chi connectivity index (χ3n) is 3.83. The predicted octanol–water partition coefficient (Wildman–Crippen LogP) is 1.38. The molecule has 1 aliphatic heterocycles. The monoisotopic (exact) mass is 304 g/mol. The van der Waals surface area contributed by atoms with Gasteiger partial charge in [-0.15, -0.1) is 0 Å². The second kappa shape index (κ2) is 5.17. The Morgan fingerprint density at radius 1 is 1.05 bits per heavy atom. The van der Waals surface area contributed by atoms with Crippen molar-refractivity contribution in [1.82, 2.24) is 0 Å². The second-order valence-electron chi connectivity index (χ2n) is 5.16. The maximum Gasteiger partial charge on any atom is 0.226 e. The van der Waals surface area contributed by atoms with E-state index in [4.69, 9.17) is 9.47 Å². The largest absolute Gasteiger partial charge is 0.508 e. The van der Waals surface area contributed by atoms with Gasteiger partial charge in [0.05, 0.1) is 5.56 Å². The standard InChI is InChI=1S/C16H16O6/c1-21-16(20)12-7-6-11(18)8-13(12)22-14(15(16)19)9-2-4-10(17)5-3-9/h2-8,14-15,17-20H,1H3. The molecule has 2 aromatic carbocycles. The molecule has 0 bridgehead atoms. The number of aliphatic hydroxyl groups is 2. The zero-order valence-corrected chi connectivity index (χ0v) is 11.8. The van der Waals surface area contributed by atoms with Gasteiger partial charge in [0.2, 0.25) is 5.79 Å². The van der Waals surface area contributed by atoms with Gasteiger partial charge in [-0.1, -0.05) is 12.1 Å². The summed E-state index contributed by atoms with van der Waals surface area (Å²) in [6.45, 7) is 0. The van der Waals surface area contributed by atoms with E-state index in [-0.39, 0.29) is 22.8 Å². The van der Waals surface area contributed by atoms with Crippen molar-refractivity contribution in [1.29, 1.82) is 0 Å². The molecule has 0 saturated carbocycles. The van der Waals surface area contributed by atoms with Gasteiger partial charge in [-0.05, 0) is 29.8 Å². The summed E-state index contributed by atoms with van der Waals surface area (Å²) in [4.78, 5) is 0. The Balaban J connectivity index is 2.10. The summed E-state index contributed by atoms with van der Waals surface area (Å²) in [7, 11) is 1.28. The third-order valence-corrected chi connectivity index (χ3v) is 3.83. The molecule has 0 amide bonds.